The molecule has 218 valence electrons. The molecule has 3 aromatic heterocycles. The summed E-state index contributed by atoms with van der Waals surface area (Å²) >= 11 is 0. The second kappa shape index (κ2) is 11.8. The van der Waals surface area contributed by atoms with Crippen molar-refractivity contribution < 1.29 is 60.6 Å². The lowest BCUT2D eigenvalue weighted by Gasteiger charge is -2.15. The highest BCUT2D eigenvalue weighted by Gasteiger charge is 2.43. The number of hydrogen-bond acceptors (Lipinski definition) is 9. The zero-order chi connectivity index (χ0) is 30.1. The number of phosphoric acid groups is 4. The smallest absolute Gasteiger partial charge is 0.355 e. The highest BCUT2D eigenvalue weighted by Crippen LogP contribution is 2.69. The fourth-order valence-electron chi connectivity index (χ4n) is 3.37. The zero-order valence-corrected chi connectivity index (χ0v) is 23.7. The first kappa shape index (κ1) is 31.1. The zero-order valence-electron chi connectivity index (χ0n) is 20.2. The van der Waals surface area contributed by atoms with E-state index in [0.717, 1.165) is 44.8 Å². The Kier molecular flexibility index (Phi) is 8.95. The molecule has 0 aliphatic carbocycles. The van der Waals surface area contributed by atoms with Crippen LogP contribution in [0.3, 0.4) is 0 Å². The molecule has 0 aromatic carbocycles. The van der Waals surface area contributed by atoms with Crippen LogP contribution in [0.15, 0.2) is 48.5 Å². The first-order chi connectivity index (χ1) is 18.9. The van der Waals surface area contributed by atoms with E-state index in [0.29, 0.717) is 0 Å². The molecule has 0 fully saturated rings. The van der Waals surface area contributed by atoms with Gasteiger partial charge in [0.15, 0.2) is 0 Å². The molecule has 2 atom stereocenters. The number of aromatic amines is 2. The van der Waals surface area contributed by atoms with E-state index < -0.39 is 31.3 Å². The van der Waals surface area contributed by atoms with Crippen LogP contribution in [0.25, 0.3) is 46.4 Å². The Bertz CT molecular complexity index is 1760. The van der Waals surface area contributed by atoms with Crippen molar-refractivity contribution in [1.82, 2.24) is 19.9 Å². The molecule has 2 unspecified atom stereocenters. The topological polar surface area (TPSA) is 275 Å². The fourth-order valence-corrected chi connectivity index (χ4v) is 7.34. The Labute approximate surface area is 229 Å². The van der Waals surface area contributed by atoms with Gasteiger partial charge in [-0.05, 0) is 72.8 Å². The molecule has 0 saturated carbocycles. The molecule has 5 rings (SSSR count). The molecule has 0 saturated heterocycles. The van der Waals surface area contributed by atoms with E-state index in [4.69, 9.17) is 29.4 Å². The summed E-state index contributed by atoms with van der Waals surface area (Å²) in [6.07, 6.45) is 8.05. The minimum Gasteiger partial charge on any atom is -0.355 e. The van der Waals surface area contributed by atoms with E-state index >= 15 is 0 Å². The molecule has 5 heterocycles. The molecule has 0 spiro atoms. The largest absolute Gasteiger partial charge is 0.490 e. The van der Waals surface area contributed by atoms with Crippen molar-refractivity contribution in [3.8, 4) is 0 Å². The van der Waals surface area contributed by atoms with Crippen molar-refractivity contribution in [3.05, 3.63) is 71.3 Å². The standard InChI is InChI=1S/C20H14N4.H6O13P4/c1-2-14-10-16-5-6-18(23-16)12-20-8-7-19(24-20)11-17-4-3-15(22-17)9-13(1)21-14;1-14(2,3)11-16(7,8)13-17(9,10)12-15(4,5)6/h1-12,21-22H;(H,7,8)(H,9,10)(H2,1,2,3)(H2,4,5,6). The molecular weight excluding hydrogens is 628 g/mol. The van der Waals surface area contributed by atoms with Gasteiger partial charge in [0.25, 0.3) is 0 Å². The van der Waals surface area contributed by atoms with Crippen molar-refractivity contribution in [1.29, 1.82) is 0 Å². The predicted octanol–water partition coefficient (Wildman–Crippen LogP) is 4.08. The summed E-state index contributed by atoms with van der Waals surface area (Å²) in [6, 6.07) is 16.4. The normalized spacial score (nSPS) is 16.0. The van der Waals surface area contributed by atoms with Crippen molar-refractivity contribution in [2.24, 2.45) is 0 Å². The highest BCUT2D eigenvalue weighted by atomic mass is 31.3. The highest BCUT2D eigenvalue weighted by molar-refractivity contribution is 7.69. The molecule has 0 radical (unpaired) electrons. The maximum atomic E-state index is 10.7. The molecule has 41 heavy (non-hydrogen) atoms. The minimum absolute atomic E-state index is 0.915. The van der Waals surface area contributed by atoms with Gasteiger partial charge < -0.3 is 39.3 Å². The Balaban J connectivity index is 0.000000204. The summed E-state index contributed by atoms with van der Waals surface area (Å²) in [5.74, 6) is 0. The number of nitrogens with zero attached hydrogens (tertiary/aromatic N) is 2. The second-order valence-corrected chi connectivity index (χ2v) is 13.9. The minimum atomic E-state index is -5.77. The van der Waals surface area contributed by atoms with E-state index in [1.54, 1.807) is 0 Å². The third-order valence-corrected chi connectivity index (χ3v) is 9.67. The Hall–Kier alpha value is -2.84. The van der Waals surface area contributed by atoms with E-state index in [-0.39, 0.29) is 0 Å². The Morgan fingerprint density at radius 3 is 1.15 bits per heavy atom. The van der Waals surface area contributed by atoms with Gasteiger partial charge in [-0.15, -0.1) is 0 Å². The van der Waals surface area contributed by atoms with Gasteiger partial charge in [-0.3, -0.25) is 0 Å². The van der Waals surface area contributed by atoms with Crippen molar-refractivity contribution in [2.45, 2.75) is 0 Å². The third-order valence-electron chi connectivity index (χ3n) is 4.67. The van der Waals surface area contributed by atoms with E-state index in [2.05, 4.69) is 63.2 Å². The summed E-state index contributed by atoms with van der Waals surface area (Å²) in [7, 11) is -22.6. The summed E-state index contributed by atoms with van der Waals surface area (Å²) < 4.78 is 50.9. The SMILES string of the molecule is C1=Cc2cc3ccc(cc4ccc(cc5nc(cc1n2)C=C5)[nH]4)[nH]3.O=P(O)(O)OP(=O)(O)OP(=O)(O)OP(=O)(O)O. The van der Waals surface area contributed by atoms with Crippen LogP contribution in [0, 0.1) is 0 Å². The number of nitrogens with one attached hydrogen (secondary N) is 2. The average Bonchev–Trinajstić information content (AvgIpc) is 3.55. The van der Waals surface area contributed by atoms with Crippen LogP contribution in [0.2, 0.25) is 0 Å². The summed E-state index contributed by atoms with van der Waals surface area (Å²) in [4.78, 5) is 65.5. The lowest BCUT2D eigenvalue weighted by Crippen LogP contribution is -1.95. The number of rotatable bonds is 6. The molecule has 8 N–H and O–H groups in total. The van der Waals surface area contributed by atoms with Crippen LogP contribution in [-0.2, 0) is 31.2 Å². The second-order valence-electron chi connectivity index (χ2n) is 8.07. The van der Waals surface area contributed by atoms with Crippen molar-refractivity contribution in [2.75, 3.05) is 0 Å². The first-order valence-corrected chi connectivity index (χ1v) is 16.9. The van der Waals surface area contributed by atoms with Crippen LogP contribution in [0.5, 0.6) is 0 Å². The quantitative estimate of drug-likeness (QED) is 0.120. The fraction of sp³-hybridized carbons (Fsp3) is 0. The lowest BCUT2D eigenvalue weighted by atomic mass is 10.3. The third kappa shape index (κ3) is 10.2. The monoisotopic (exact) mass is 648 g/mol. The van der Waals surface area contributed by atoms with Crippen molar-refractivity contribution in [3.63, 3.8) is 0 Å². The summed E-state index contributed by atoms with van der Waals surface area (Å²) in [5.41, 5.74) is 7.86. The molecule has 17 nitrogen and oxygen atoms in total. The van der Waals surface area contributed by atoms with Crippen LogP contribution < -0.4 is 0 Å². The van der Waals surface area contributed by atoms with Gasteiger partial charge in [0.2, 0.25) is 0 Å². The molecule has 3 aromatic rings. The Morgan fingerprint density at radius 1 is 0.488 bits per heavy atom. The van der Waals surface area contributed by atoms with E-state index in [9.17, 15) is 18.3 Å². The van der Waals surface area contributed by atoms with Gasteiger partial charge in [-0.1, -0.05) is 0 Å². The van der Waals surface area contributed by atoms with Gasteiger partial charge in [0.05, 0.1) is 22.8 Å². The molecule has 2 aliphatic heterocycles. The maximum Gasteiger partial charge on any atom is 0.490 e. The van der Waals surface area contributed by atoms with E-state index in [1.807, 2.05) is 42.5 Å². The predicted molar refractivity (Wildman–Crippen MR) is 146 cm³/mol. The lowest BCUT2D eigenvalue weighted by molar-refractivity contribution is 0.194. The average molecular weight is 648 g/mol. The van der Waals surface area contributed by atoms with Gasteiger partial charge in [-0.25, -0.2) is 28.2 Å². The summed E-state index contributed by atoms with van der Waals surface area (Å²) in [5, 5.41) is 0. The Morgan fingerprint density at radius 2 is 0.805 bits per heavy atom. The molecule has 21 heteroatoms. The maximum absolute atomic E-state index is 10.7. The van der Waals surface area contributed by atoms with Gasteiger partial charge in [0.1, 0.15) is 0 Å². The molecule has 8 bridgehead atoms. The van der Waals surface area contributed by atoms with Gasteiger partial charge >= 0.3 is 31.3 Å². The molecule has 0 amide bonds. The van der Waals surface area contributed by atoms with Crippen molar-refractivity contribution >= 4 is 77.7 Å². The molecule has 2 aliphatic rings. The number of fused-ring (bicyclic) bond motifs is 8. The van der Waals surface area contributed by atoms with Crippen LogP contribution in [0.1, 0.15) is 22.8 Å². The van der Waals surface area contributed by atoms with Crippen LogP contribution in [0.4, 0.5) is 0 Å². The first-order valence-electron chi connectivity index (χ1n) is 10.9. The summed E-state index contributed by atoms with van der Waals surface area (Å²) in [6.45, 7) is 0. The van der Waals surface area contributed by atoms with Gasteiger partial charge in [0, 0.05) is 22.1 Å². The van der Waals surface area contributed by atoms with Crippen LogP contribution >= 0.6 is 31.3 Å². The number of aromatic nitrogens is 4. The van der Waals surface area contributed by atoms with E-state index in [1.165, 1.54) is 0 Å². The van der Waals surface area contributed by atoms with Crippen LogP contribution in [-0.4, -0.2) is 49.3 Å². The number of H-pyrrole nitrogens is 2. The molecular formula is C20H20N4O13P4. The number of hydrogen-bond donors (Lipinski definition) is 8. The van der Waals surface area contributed by atoms with Gasteiger partial charge in [-0.2, -0.15) is 12.9 Å².